The normalized spacial score (nSPS) is 11.7. The number of carboxylic acid groups (broad SMARTS) is 1. The van der Waals surface area contributed by atoms with Gasteiger partial charge in [0.25, 0.3) is 0 Å². The van der Waals surface area contributed by atoms with Crippen LogP contribution in [0.25, 0.3) is 0 Å². The van der Waals surface area contributed by atoms with E-state index in [0.717, 1.165) is 0 Å². The van der Waals surface area contributed by atoms with Gasteiger partial charge in [-0.3, -0.25) is 9.59 Å². The Morgan fingerprint density at radius 3 is 2.28 bits per heavy atom. The summed E-state index contributed by atoms with van der Waals surface area (Å²) in [5.41, 5.74) is 0.357. The van der Waals surface area contributed by atoms with Crippen molar-refractivity contribution in [2.45, 2.75) is 19.4 Å². The van der Waals surface area contributed by atoms with Gasteiger partial charge in [0, 0.05) is 23.9 Å². The molecule has 1 aromatic carbocycles. The quantitative estimate of drug-likeness (QED) is 0.794. The molecule has 18 heavy (non-hydrogen) atoms. The second kappa shape index (κ2) is 6.16. The summed E-state index contributed by atoms with van der Waals surface area (Å²) in [4.78, 5) is 33.5. The van der Waals surface area contributed by atoms with Gasteiger partial charge in [-0.05, 0) is 24.3 Å². The van der Waals surface area contributed by atoms with Crippen LogP contribution in [0.2, 0.25) is 5.02 Å². The van der Waals surface area contributed by atoms with Crippen molar-refractivity contribution in [1.82, 2.24) is 5.32 Å². The second-order valence-electron chi connectivity index (χ2n) is 3.73. The van der Waals surface area contributed by atoms with Crippen molar-refractivity contribution in [2.24, 2.45) is 0 Å². The molecule has 2 N–H and O–H groups in total. The number of amides is 1. The molecule has 6 heteroatoms. The Morgan fingerprint density at radius 1 is 1.28 bits per heavy atom. The Bertz CT molecular complexity index is 469. The van der Waals surface area contributed by atoms with Crippen molar-refractivity contribution in [1.29, 1.82) is 0 Å². The summed E-state index contributed by atoms with van der Waals surface area (Å²) in [5, 5.41) is 11.6. The number of halogens is 1. The minimum atomic E-state index is -1.24. The van der Waals surface area contributed by atoms with Crippen LogP contribution in [0.1, 0.15) is 23.7 Å². The van der Waals surface area contributed by atoms with Crippen LogP contribution < -0.4 is 5.32 Å². The van der Waals surface area contributed by atoms with E-state index in [0.29, 0.717) is 10.6 Å². The van der Waals surface area contributed by atoms with Gasteiger partial charge >= 0.3 is 5.97 Å². The first kappa shape index (κ1) is 14.2. The van der Waals surface area contributed by atoms with Crippen LogP contribution in [0.15, 0.2) is 24.3 Å². The molecule has 1 amide bonds. The number of ketones is 1. The SMILES string of the molecule is CC(=O)NC(CC(=O)c1ccc(Cl)cc1)C(=O)O. The van der Waals surface area contributed by atoms with Crippen LogP contribution in [0, 0.1) is 0 Å². The summed E-state index contributed by atoms with van der Waals surface area (Å²) in [7, 11) is 0. The van der Waals surface area contributed by atoms with E-state index in [9.17, 15) is 14.4 Å². The van der Waals surface area contributed by atoms with Gasteiger partial charge < -0.3 is 10.4 Å². The average molecular weight is 270 g/mol. The number of carbonyl (C=O) groups is 3. The summed E-state index contributed by atoms with van der Waals surface area (Å²) in [5.74, 6) is -2.10. The van der Waals surface area contributed by atoms with Gasteiger partial charge in [-0.1, -0.05) is 11.6 Å². The highest BCUT2D eigenvalue weighted by molar-refractivity contribution is 6.30. The van der Waals surface area contributed by atoms with Gasteiger partial charge in [0.05, 0.1) is 0 Å². The first-order valence-electron chi connectivity index (χ1n) is 5.19. The van der Waals surface area contributed by atoms with Gasteiger partial charge in [-0.15, -0.1) is 0 Å². The zero-order valence-corrected chi connectivity index (χ0v) is 10.4. The second-order valence-corrected chi connectivity index (χ2v) is 4.16. The minimum Gasteiger partial charge on any atom is -0.480 e. The average Bonchev–Trinajstić information content (AvgIpc) is 2.28. The summed E-state index contributed by atoms with van der Waals surface area (Å²) < 4.78 is 0. The number of aliphatic carboxylic acids is 1. The molecule has 0 spiro atoms. The molecule has 1 rings (SSSR count). The Kier molecular flexibility index (Phi) is 4.85. The van der Waals surface area contributed by atoms with Gasteiger partial charge in [0.1, 0.15) is 6.04 Å². The van der Waals surface area contributed by atoms with E-state index in [1.54, 1.807) is 12.1 Å². The van der Waals surface area contributed by atoms with E-state index < -0.39 is 17.9 Å². The third-order valence-corrected chi connectivity index (χ3v) is 2.48. The molecule has 1 aromatic rings. The molecule has 0 aliphatic heterocycles. The summed E-state index contributed by atoms with van der Waals surface area (Å²) >= 11 is 5.68. The highest BCUT2D eigenvalue weighted by atomic mass is 35.5. The molecule has 5 nitrogen and oxygen atoms in total. The molecule has 0 heterocycles. The molecule has 1 unspecified atom stereocenters. The molecule has 0 saturated carbocycles. The van der Waals surface area contributed by atoms with Crippen molar-refractivity contribution in [3.8, 4) is 0 Å². The lowest BCUT2D eigenvalue weighted by Gasteiger charge is -2.12. The third kappa shape index (κ3) is 4.18. The molecule has 0 fully saturated rings. The maximum atomic E-state index is 11.8. The number of carbonyl (C=O) groups excluding carboxylic acids is 2. The number of Topliss-reactive ketones (excluding diaryl/α,β-unsaturated/α-hetero) is 1. The fourth-order valence-corrected chi connectivity index (χ4v) is 1.51. The number of hydrogen-bond acceptors (Lipinski definition) is 3. The van der Waals surface area contributed by atoms with E-state index in [4.69, 9.17) is 16.7 Å². The van der Waals surface area contributed by atoms with E-state index >= 15 is 0 Å². The Hall–Kier alpha value is -1.88. The molecule has 0 saturated heterocycles. The molecule has 1 atom stereocenters. The van der Waals surface area contributed by atoms with E-state index in [2.05, 4.69) is 5.32 Å². The van der Waals surface area contributed by atoms with Gasteiger partial charge in [-0.2, -0.15) is 0 Å². The highest BCUT2D eigenvalue weighted by Gasteiger charge is 2.22. The van der Waals surface area contributed by atoms with E-state index in [1.165, 1.54) is 19.1 Å². The van der Waals surface area contributed by atoms with Crippen molar-refractivity contribution >= 4 is 29.3 Å². The zero-order valence-electron chi connectivity index (χ0n) is 9.64. The molecular formula is C12H12ClNO4. The maximum Gasteiger partial charge on any atom is 0.326 e. The predicted octanol–water partition coefficient (Wildman–Crippen LogP) is 1.50. The molecule has 0 aliphatic carbocycles. The Balaban J connectivity index is 2.75. The number of hydrogen-bond donors (Lipinski definition) is 2. The molecule has 0 aromatic heterocycles. The standard InChI is InChI=1S/C12H12ClNO4/c1-7(15)14-10(12(17)18)6-11(16)8-2-4-9(13)5-3-8/h2-5,10H,6H2,1H3,(H,14,15)(H,17,18). The highest BCUT2D eigenvalue weighted by Crippen LogP contribution is 2.12. The fraction of sp³-hybridized carbons (Fsp3) is 0.250. The van der Waals surface area contributed by atoms with Crippen LogP contribution in [0.4, 0.5) is 0 Å². The summed E-state index contributed by atoms with van der Waals surface area (Å²) in [6.07, 6.45) is -0.295. The number of rotatable bonds is 5. The Morgan fingerprint density at radius 2 is 1.83 bits per heavy atom. The smallest absolute Gasteiger partial charge is 0.326 e. The number of benzene rings is 1. The van der Waals surface area contributed by atoms with Crippen LogP contribution in [0.5, 0.6) is 0 Å². The topological polar surface area (TPSA) is 83.5 Å². The molecule has 96 valence electrons. The van der Waals surface area contributed by atoms with E-state index in [1.807, 2.05) is 0 Å². The molecule has 0 bridgehead atoms. The van der Waals surface area contributed by atoms with Crippen molar-refractivity contribution in [2.75, 3.05) is 0 Å². The van der Waals surface area contributed by atoms with E-state index in [-0.39, 0.29) is 12.2 Å². The van der Waals surface area contributed by atoms with Gasteiger partial charge in [0.2, 0.25) is 5.91 Å². The number of carboxylic acids is 1. The van der Waals surface area contributed by atoms with Crippen LogP contribution >= 0.6 is 11.6 Å². The third-order valence-electron chi connectivity index (χ3n) is 2.23. The van der Waals surface area contributed by atoms with Crippen LogP contribution in [-0.4, -0.2) is 28.8 Å². The van der Waals surface area contributed by atoms with Gasteiger partial charge in [-0.25, -0.2) is 4.79 Å². The summed E-state index contributed by atoms with van der Waals surface area (Å²) in [6.45, 7) is 1.20. The lowest BCUT2D eigenvalue weighted by Crippen LogP contribution is -2.41. The first-order chi connectivity index (χ1) is 8.40. The predicted molar refractivity (Wildman–Crippen MR) is 65.6 cm³/mol. The lowest BCUT2D eigenvalue weighted by molar-refractivity contribution is -0.141. The van der Waals surface area contributed by atoms with Crippen molar-refractivity contribution < 1.29 is 19.5 Å². The van der Waals surface area contributed by atoms with Crippen molar-refractivity contribution in [3.63, 3.8) is 0 Å². The molecular weight excluding hydrogens is 258 g/mol. The van der Waals surface area contributed by atoms with Crippen LogP contribution in [-0.2, 0) is 9.59 Å². The largest absolute Gasteiger partial charge is 0.480 e. The first-order valence-corrected chi connectivity index (χ1v) is 5.56. The molecule has 0 aliphatic rings. The van der Waals surface area contributed by atoms with Crippen LogP contribution in [0.3, 0.4) is 0 Å². The zero-order chi connectivity index (χ0) is 13.7. The fourth-order valence-electron chi connectivity index (χ4n) is 1.38. The minimum absolute atomic E-state index is 0.295. The monoisotopic (exact) mass is 269 g/mol. The molecule has 0 radical (unpaired) electrons. The van der Waals surface area contributed by atoms with Gasteiger partial charge in [0.15, 0.2) is 5.78 Å². The van der Waals surface area contributed by atoms with Crippen molar-refractivity contribution in [3.05, 3.63) is 34.9 Å². The maximum absolute atomic E-state index is 11.8. The number of nitrogens with one attached hydrogen (secondary N) is 1. The lowest BCUT2D eigenvalue weighted by atomic mass is 10.0. The summed E-state index contributed by atoms with van der Waals surface area (Å²) in [6, 6.07) is 4.89. The Labute approximate surface area is 109 Å².